The Hall–Kier alpha value is -1.20. The fourth-order valence-electron chi connectivity index (χ4n) is 4.77. The molecule has 3 unspecified atom stereocenters. The third-order valence-corrected chi connectivity index (χ3v) is 6.82. The third kappa shape index (κ3) is 1.61. The Morgan fingerprint density at radius 2 is 2.32 bits per heavy atom. The molecule has 1 aliphatic heterocycles. The summed E-state index contributed by atoms with van der Waals surface area (Å²) in [5.74, 6) is 2.66. The zero-order chi connectivity index (χ0) is 14.7. The average Bonchev–Trinajstić information content (AvgIpc) is 3.10. The summed E-state index contributed by atoms with van der Waals surface area (Å²) in [5, 5.41) is 7.12. The van der Waals surface area contributed by atoms with Crippen molar-refractivity contribution in [3.8, 4) is 0 Å². The molecule has 5 heteroatoms. The molecule has 0 radical (unpaired) electrons. The molecule has 2 aromatic rings. The van der Waals surface area contributed by atoms with Crippen molar-refractivity contribution in [3.05, 3.63) is 17.3 Å². The first-order chi connectivity index (χ1) is 10.8. The largest absolute Gasteiger partial charge is 0.377 e. The van der Waals surface area contributed by atoms with E-state index in [1.54, 1.807) is 11.3 Å². The van der Waals surface area contributed by atoms with Gasteiger partial charge in [-0.1, -0.05) is 13.3 Å². The van der Waals surface area contributed by atoms with E-state index in [1.807, 2.05) is 0 Å². The Kier molecular flexibility index (Phi) is 2.80. The van der Waals surface area contributed by atoms with Crippen LogP contribution in [0.3, 0.4) is 0 Å². The highest BCUT2D eigenvalue weighted by Gasteiger charge is 2.66. The second kappa shape index (κ2) is 4.65. The summed E-state index contributed by atoms with van der Waals surface area (Å²) in [6.45, 7) is 3.06. The van der Waals surface area contributed by atoms with Crippen LogP contribution in [-0.4, -0.2) is 28.7 Å². The summed E-state index contributed by atoms with van der Waals surface area (Å²) in [7, 11) is 0. The molecule has 1 saturated heterocycles. The summed E-state index contributed by atoms with van der Waals surface area (Å²) in [6, 6.07) is 2.69. The number of aryl methyl sites for hydroxylation is 1. The predicted octanol–water partition coefficient (Wildman–Crippen LogP) is 3.62. The molecular formula is C17H21N3OS. The maximum Gasteiger partial charge on any atom is 0.138 e. The minimum absolute atomic E-state index is 0.390. The van der Waals surface area contributed by atoms with Crippen molar-refractivity contribution in [1.29, 1.82) is 0 Å². The standard InChI is InChI=1S/C17H21N3OS/c1-2-12-18-15(11-5-9-22-16(11)19-12)20-13-10-4-8-21-14(10)17(13)6-3-7-17/h5,9-10,13-14H,2-4,6-8H2,1H3,(H,18,19,20). The molecule has 0 bridgehead atoms. The minimum atomic E-state index is 0.390. The summed E-state index contributed by atoms with van der Waals surface area (Å²) in [4.78, 5) is 10.5. The number of anilines is 1. The number of aromatic nitrogens is 2. The number of ether oxygens (including phenoxy) is 1. The molecule has 2 saturated carbocycles. The van der Waals surface area contributed by atoms with Crippen LogP contribution in [-0.2, 0) is 11.2 Å². The number of rotatable bonds is 3. The molecule has 0 aromatic carbocycles. The van der Waals surface area contributed by atoms with Crippen LogP contribution in [0.5, 0.6) is 0 Å². The maximum atomic E-state index is 6.02. The molecule has 3 heterocycles. The molecule has 3 fully saturated rings. The lowest BCUT2D eigenvalue weighted by atomic mass is 9.46. The van der Waals surface area contributed by atoms with Crippen molar-refractivity contribution >= 4 is 27.4 Å². The third-order valence-electron chi connectivity index (χ3n) is 6.02. The van der Waals surface area contributed by atoms with Crippen molar-refractivity contribution in [1.82, 2.24) is 9.97 Å². The van der Waals surface area contributed by atoms with Crippen LogP contribution >= 0.6 is 11.3 Å². The molecule has 1 N–H and O–H groups in total. The molecule has 0 amide bonds. The Bertz CT molecular complexity index is 724. The van der Waals surface area contributed by atoms with Crippen molar-refractivity contribution in [2.24, 2.45) is 11.3 Å². The van der Waals surface area contributed by atoms with E-state index < -0.39 is 0 Å². The number of hydrogen-bond acceptors (Lipinski definition) is 5. The van der Waals surface area contributed by atoms with Crippen molar-refractivity contribution < 1.29 is 4.74 Å². The van der Waals surface area contributed by atoms with Gasteiger partial charge in [0.15, 0.2) is 0 Å². The SMILES string of the molecule is CCc1nc(NC2C3CCOC3C23CCC3)c2ccsc2n1. The number of nitrogens with one attached hydrogen (secondary N) is 1. The van der Waals surface area contributed by atoms with E-state index in [0.717, 1.165) is 29.5 Å². The van der Waals surface area contributed by atoms with Crippen LogP contribution in [0, 0.1) is 11.3 Å². The van der Waals surface area contributed by atoms with Gasteiger partial charge >= 0.3 is 0 Å². The van der Waals surface area contributed by atoms with Gasteiger partial charge in [0, 0.05) is 30.4 Å². The van der Waals surface area contributed by atoms with E-state index >= 15 is 0 Å². The second-order valence-electron chi connectivity index (χ2n) is 6.93. The number of thiophene rings is 1. The van der Waals surface area contributed by atoms with Gasteiger partial charge < -0.3 is 10.1 Å². The topological polar surface area (TPSA) is 47.0 Å². The van der Waals surface area contributed by atoms with Gasteiger partial charge in [-0.05, 0) is 30.7 Å². The predicted molar refractivity (Wildman–Crippen MR) is 88.3 cm³/mol. The molecule has 3 aliphatic rings. The van der Waals surface area contributed by atoms with Gasteiger partial charge in [-0.25, -0.2) is 9.97 Å². The first-order valence-corrected chi connectivity index (χ1v) is 9.32. The Morgan fingerprint density at radius 1 is 1.41 bits per heavy atom. The van der Waals surface area contributed by atoms with Crippen LogP contribution in [0.1, 0.15) is 38.4 Å². The van der Waals surface area contributed by atoms with E-state index in [-0.39, 0.29) is 0 Å². The van der Waals surface area contributed by atoms with E-state index in [9.17, 15) is 0 Å². The van der Waals surface area contributed by atoms with E-state index in [4.69, 9.17) is 9.72 Å². The number of fused-ring (bicyclic) bond motifs is 3. The molecule has 2 aromatic heterocycles. The normalized spacial score (nSPS) is 31.8. The van der Waals surface area contributed by atoms with Crippen LogP contribution in [0.25, 0.3) is 10.2 Å². The molecule has 4 nitrogen and oxygen atoms in total. The Balaban J connectivity index is 1.52. The molecule has 22 heavy (non-hydrogen) atoms. The van der Waals surface area contributed by atoms with Gasteiger partial charge in [0.1, 0.15) is 16.5 Å². The van der Waals surface area contributed by atoms with Crippen LogP contribution < -0.4 is 5.32 Å². The highest BCUT2D eigenvalue weighted by Crippen LogP contribution is 2.63. The van der Waals surface area contributed by atoms with Gasteiger partial charge in [0.2, 0.25) is 0 Å². The fourth-order valence-corrected chi connectivity index (χ4v) is 5.55. The zero-order valence-electron chi connectivity index (χ0n) is 12.8. The highest BCUT2D eigenvalue weighted by atomic mass is 32.1. The first-order valence-electron chi connectivity index (χ1n) is 8.44. The second-order valence-corrected chi connectivity index (χ2v) is 7.83. The van der Waals surface area contributed by atoms with E-state index in [2.05, 4.69) is 28.7 Å². The Morgan fingerprint density at radius 3 is 3.09 bits per heavy atom. The Labute approximate surface area is 134 Å². The zero-order valence-corrected chi connectivity index (χ0v) is 13.7. The minimum Gasteiger partial charge on any atom is -0.377 e. The lowest BCUT2D eigenvalue weighted by Gasteiger charge is -2.63. The van der Waals surface area contributed by atoms with Crippen LogP contribution in [0.4, 0.5) is 5.82 Å². The molecule has 1 spiro atoms. The van der Waals surface area contributed by atoms with Gasteiger partial charge in [-0.15, -0.1) is 11.3 Å². The lowest BCUT2D eigenvalue weighted by Crippen LogP contribution is -2.68. The smallest absolute Gasteiger partial charge is 0.138 e. The molecule has 5 rings (SSSR count). The van der Waals surface area contributed by atoms with Crippen LogP contribution in [0.2, 0.25) is 0 Å². The lowest BCUT2D eigenvalue weighted by molar-refractivity contribution is -0.158. The monoisotopic (exact) mass is 315 g/mol. The first kappa shape index (κ1) is 13.3. The molecule has 116 valence electrons. The summed E-state index contributed by atoms with van der Waals surface area (Å²) in [5.41, 5.74) is 0.390. The van der Waals surface area contributed by atoms with E-state index in [0.29, 0.717) is 23.5 Å². The van der Waals surface area contributed by atoms with E-state index in [1.165, 1.54) is 31.1 Å². The van der Waals surface area contributed by atoms with Gasteiger partial charge in [0.05, 0.1) is 11.5 Å². The highest BCUT2D eigenvalue weighted by molar-refractivity contribution is 7.16. The van der Waals surface area contributed by atoms with Gasteiger partial charge in [0.25, 0.3) is 0 Å². The fraction of sp³-hybridized carbons (Fsp3) is 0.647. The van der Waals surface area contributed by atoms with Gasteiger partial charge in [-0.3, -0.25) is 0 Å². The van der Waals surface area contributed by atoms with Crippen molar-refractivity contribution in [2.45, 2.75) is 51.2 Å². The number of hydrogen-bond donors (Lipinski definition) is 1. The summed E-state index contributed by atoms with van der Waals surface area (Å²) in [6.07, 6.45) is 6.55. The van der Waals surface area contributed by atoms with Crippen LogP contribution in [0.15, 0.2) is 11.4 Å². The summed E-state index contributed by atoms with van der Waals surface area (Å²) < 4.78 is 6.02. The van der Waals surface area contributed by atoms with Crippen molar-refractivity contribution in [2.75, 3.05) is 11.9 Å². The van der Waals surface area contributed by atoms with Crippen molar-refractivity contribution in [3.63, 3.8) is 0 Å². The van der Waals surface area contributed by atoms with Gasteiger partial charge in [-0.2, -0.15) is 0 Å². The average molecular weight is 315 g/mol. The number of nitrogens with zero attached hydrogens (tertiary/aromatic N) is 2. The molecular weight excluding hydrogens is 294 g/mol. The molecule has 3 atom stereocenters. The maximum absolute atomic E-state index is 6.02. The summed E-state index contributed by atoms with van der Waals surface area (Å²) >= 11 is 1.71. The quantitative estimate of drug-likeness (QED) is 0.939. The molecule has 2 aliphatic carbocycles.